The molecule has 0 aliphatic heterocycles. The van der Waals surface area contributed by atoms with Gasteiger partial charge in [0.1, 0.15) is 12.6 Å². The lowest BCUT2D eigenvalue weighted by molar-refractivity contribution is -0.124. The molecule has 1 atom stereocenters. The number of carbonyl (C=O) groups excluding carboxylic acids is 2. The van der Waals surface area contributed by atoms with Crippen LogP contribution in [0.3, 0.4) is 0 Å². The lowest BCUT2D eigenvalue weighted by Crippen LogP contribution is -2.50. The second kappa shape index (κ2) is 8.89. The van der Waals surface area contributed by atoms with Crippen molar-refractivity contribution in [1.82, 2.24) is 10.6 Å². The van der Waals surface area contributed by atoms with E-state index in [2.05, 4.69) is 34.9 Å². The first-order valence-corrected chi connectivity index (χ1v) is 9.53. The molecule has 1 aliphatic carbocycles. The van der Waals surface area contributed by atoms with Crippen molar-refractivity contribution in [3.8, 4) is 11.1 Å². The molecular weight excluding hydrogens is 356 g/mol. The zero-order chi connectivity index (χ0) is 20.1. The first-order chi connectivity index (χ1) is 13.5. The molecule has 0 unspecified atom stereocenters. The largest absolute Gasteiger partial charge is 0.449 e. The molecule has 6 heteroatoms. The number of carbonyl (C=O) groups is 2. The molecule has 2 aromatic carbocycles. The number of alkyl carbamates (subject to hydrolysis) is 1. The number of benzene rings is 2. The van der Waals surface area contributed by atoms with Crippen LogP contribution in [0.15, 0.2) is 48.5 Å². The van der Waals surface area contributed by atoms with E-state index in [1.165, 1.54) is 0 Å². The standard InChI is InChI=1S/C22H26N2O4/c1-14(2)20(21(26)23-11-12-25)24-22(27)28-13-19-17-9-5-3-7-15(17)16-8-4-6-10-18(16)19/h3-10,14,19-20,25H,11-13H2,1-2H3,(H,23,26)(H,24,27)/t20-/m0/s1. The Labute approximate surface area is 164 Å². The van der Waals surface area contributed by atoms with Gasteiger partial charge in [-0.15, -0.1) is 0 Å². The van der Waals surface area contributed by atoms with Gasteiger partial charge in [-0.3, -0.25) is 4.79 Å². The second-order valence-electron chi connectivity index (χ2n) is 7.21. The van der Waals surface area contributed by atoms with Crippen LogP contribution >= 0.6 is 0 Å². The summed E-state index contributed by atoms with van der Waals surface area (Å²) in [4.78, 5) is 24.5. The first kappa shape index (κ1) is 19.9. The van der Waals surface area contributed by atoms with Crippen molar-refractivity contribution in [3.63, 3.8) is 0 Å². The topological polar surface area (TPSA) is 87.7 Å². The highest BCUT2D eigenvalue weighted by Crippen LogP contribution is 2.44. The third-order valence-electron chi connectivity index (χ3n) is 4.98. The van der Waals surface area contributed by atoms with Crippen LogP contribution in [0.25, 0.3) is 11.1 Å². The van der Waals surface area contributed by atoms with Crippen LogP contribution in [0.5, 0.6) is 0 Å². The third-order valence-corrected chi connectivity index (χ3v) is 4.98. The van der Waals surface area contributed by atoms with E-state index in [0.29, 0.717) is 0 Å². The molecule has 0 heterocycles. The summed E-state index contributed by atoms with van der Waals surface area (Å²) >= 11 is 0. The first-order valence-electron chi connectivity index (χ1n) is 9.53. The van der Waals surface area contributed by atoms with Gasteiger partial charge in [-0.25, -0.2) is 4.79 Å². The van der Waals surface area contributed by atoms with Crippen LogP contribution in [0.4, 0.5) is 4.79 Å². The molecule has 0 fully saturated rings. The summed E-state index contributed by atoms with van der Waals surface area (Å²) in [5.41, 5.74) is 4.60. The van der Waals surface area contributed by atoms with Crippen molar-refractivity contribution in [2.45, 2.75) is 25.8 Å². The molecule has 0 saturated heterocycles. The molecule has 2 amide bonds. The molecule has 0 radical (unpaired) electrons. The molecule has 3 rings (SSSR count). The number of hydrogen-bond acceptors (Lipinski definition) is 4. The predicted octanol–water partition coefficient (Wildman–Crippen LogP) is 2.66. The lowest BCUT2D eigenvalue weighted by atomic mass is 9.98. The summed E-state index contributed by atoms with van der Waals surface area (Å²) in [6, 6.07) is 15.5. The number of fused-ring (bicyclic) bond motifs is 3. The van der Waals surface area contributed by atoms with Crippen molar-refractivity contribution in [2.24, 2.45) is 5.92 Å². The van der Waals surface area contributed by atoms with Crippen LogP contribution in [0, 0.1) is 5.92 Å². The van der Waals surface area contributed by atoms with E-state index in [-0.39, 0.29) is 37.5 Å². The van der Waals surface area contributed by atoms with Crippen molar-refractivity contribution in [3.05, 3.63) is 59.7 Å². The Hall–Kier alpha value is -2.86. The van der Waals surface area contributed by atoms with Gasteiger partial charge in [0.15, 0.2) is 0 Å². The minimum Gasteiger partial charge on any atom is -0.449 e. The van der Waals surface area contributed by atoms with Gasteiger partial charge in [0, 0.05) is 12.5 Å². The maximum absolute atomic E-state index is 12.4. The number of nitrogens with one attached hydrogen (secondary N) is 2. The Morgan fingerprint density at radius 2 is 1.61 bits per heavy atom. The van der Waals surface area contributed by atoms with Crippen LogP contribution in [-0.2, 0) is 9.53 Å². The molecule has 2 aromatic rings. The molecule has 1 aliphatic rings. The highest BCUT2D eigenvalue weighted by Gasteiger charge is 2.30. The van der Waals surface area contributed by atoms with Gasteiger partial charge in [-0.2, -0.15) is 0 Å². The van der Waals surface area contributed by atoms with Crippen molar-refractivity contribution in [1.29, 1.82) is 0 Å². The Morgan fingerprint density at radius 3 is 2.14 bits per heavy atom. The van der Waals surface area contributed by atoms with E-state index in [9.17, 15) is 9.59 Å². The summed E-state index contributed by atoms with van der Waals surface area (Å²) in [5, 5.41) is 14.1. The molecule has 148 valence electrons. The minimum atomic E-state index is -0.720. The second-order valence-corrected chi connectivity index (χ2v) is 7.21. The van der Waals surface area contributed by atoms with Gasteiger partial charge in [0.25, 0.3) is 0 Å². The monoisotopic (exact) mass is 382 g/mol. The van der Waals surface area contributed by atoms with E-state index < -0.39 is 12.1 Å². The van der Waals surface area contributed by atoms with Gasteiger partial charge in [0.05, 0.1) is 6.61 Å². The Morgan fingerprint density at radius 1 is 1.04 bits per heavy atom. The number of hydrogen-bond donors (Lipinski definition) is 3. The number of amides is 2. The average Bonchev–Trinajstić information content (AvgIpc) is 3.02. The molecule has 6 nitrogen and oxygen atoms in total. The SMILES string of the molecule is CC(C)[C@H](NC(=O)OCC1c2ccccc2-c2ccccc21)C(=O)NCCO. The summed E-state index contributed by atoms with van der Waals surface area (Å²) < 4.78 is 5.50. The van der Waals surface area contributed by atoms with Crippen LogP contribution in [0.1, 0.15) is 30.9 Å². The molecule has 0 bridgehead atoms. The molecular formula is C22H26N2O4. The zero-order valence-corrected chi connectivity index (χ0v) is 16.1. The van der Waals surface area contributed by atoms with Crippen LogP contribution < -0.4 is 10.6 Å². The zero-order valence-electron chi connectivity index (χ0n) is 16.1. The normalized spacial score (nSPS) is 13.6. The van der Waals surface area contributed by atoms with Gasteiger partial charge >= 0.3 is 6.09 Å². The van der Waals surface area contributed by atoms with Crippen molar-refractivity contribution >= 4 is 12.0 Å². The fraction of sp³-hybridized carbons (Fsp3) is 0.364. The molecule has 3 N–H and O–H groups in total. The van der Waals surface area contributed by atoms with Crippen molar-refractivity contribution in [2.75, 3.05) is 19.8 Å². The predicted molar refractivity (Wildman–Crippen MR) is 107 cm³/mol. The Bertz CT molecular complexity index is 804. The lowest BCUT2D eigenvalue weighted by Gasteiger charge is -2.22. The fourth-order valence-electron chi connectivity index (χ4n) is 3.59. The van der Waals surface area contributed by atoms with Crippen molar-refractivity contribution < 1.29 is 19.4 Å². The van der Waals surface area contributed by atoms with E-state index >= 15 is 0 Å². The van der Waals surface area contributed by atoms with Crippen LogP contribution in [0.2, 0.25) is 0 Å². The molecule has 0 saturated carbocycles. The Kier molecular flexibility index (Phi) is 6.31. The van der Waals surface area contributed by atoms with E-state index in [1.54, 1.807) is 0 Å². The fourth-order valence-corrected chi connectivity index (χ4v) is 3.59. The average molecular weight is 382 g/mol. The van der Waals surface area contributed by atoms with E-state index in [0.717, 1.165) is 22.3 Å². The quantitative estimate of drug-likeness (QED) is 0.687. The van der Waals surface area contributed by atoms with Crippen LogP contribution in [-0.4, -0.2) is 42.9 Å². The van der Waals surface area contributed by atoms with E-state index in [4.69, 9.17) is 9.84 Å². The highest BCUT2D eigenvalue weighted by atomic mass is 16.5. The maximum atomic E-state index is 12.4. The molecule has 28 heavy (non-hydrogen) atoms. The number of aliphatic hydroxyl groups excluding tert-OH is 1. The van der Waals surface area contributed by atoms with Gasteiger partial charge in [0.2, 0.25) is 5.91 Å². The highest BCUT2D eigenvalue weighted by molar-refractivity contribution is 5.86. The third kappa shape index (κ3) is 4.17. The minimum absolute atomic E-state index is 0.0288. The van der Waals surface area contributed by atoms with Gasteiger partial charge in [-0.1, -0.05) is 62.4 Å². The Balaban J connectivity index is 1.67. The summed E-state index contributed by atoms with van der Waals surface area (Å²) in [6.07, 6.45) is -0.625. The number of ether oxygens (including phenoxy) is 1. The molecule has 0 aromatic heterocycles. The maximum Gasteiger partial charge on any atom is 0.407 e. The van der Waals surface area contributed by atoms with Gasteiger partial charge in [-0.05, 0) is 28.2 Å². The smallest absolute Gasteiger partial charge is 0.407 e. The van der Waals surface area contributed by atoms with Gasteiger partial charge < -0.3 is 20.5 Å². The summed E-state index contributed by atoms with van der Waals surface area (Å²) in [6.45, 7) is 3.87. The number of aliphatic hydroxyl groups is 1. The van der Waals surface area contributed by atoms with E-state index in [1.807, 2.05) is 38.1 Å². The number of rotatable bonds is 7. The summed E-state index contributed by atoms with van der Waals surface area (Å²) in [7, 11) is 0. The summed E-state index contributed by atoms with van der Waals surface area (Å²) in [5.74, 6) is -0.476. The molecule has 0 spiro atoms.